The van der Waals surface area contributed by atoms with Crippen LogP contribution in [0.5, 0.6) is 0 Å². The maximum atomic E-state index is 14.2. The van der Waals surface area contributed by atoms with Gasteiger partial charge in [-0.15, -0.1) is 0 Å². The summed E-state index contributed by atoms with van der Waals surface area (Å²) in [5.74, 6) is -1.47. The van der Waals surface area contributed by atoms with E-state index in [1.807, 2.05) is 0 Å². The van der Waals surface area contributed by atoms with E-state index in [4.69, 9.17) is 4.74 Å². The molecule has 0 atom stereocenters. The van der Waals surface area contributed by atoms with Gasteiger partial charge >= 0.3 is 6.18 Å². The zero-order valence-electron chi connectivity index (χ0n) is 21.4. The fourth-order valence-corrected chi connectivity index (χ4v) is 3.86. The molecule has 0 amide bonds. The molecule has 0 unspecified atom stereocenters. The first-order chi connectivity index (χ1) is 18.0. The molecule has 3 rings (SSSR count). The van der Waals surface area contributed by atoms with Gasteiger partial charge in [0.1, 0.15) is 5.71 Å². The van der Waals surface area contributed by atoms with Crippen LogP contribution in [0, 0.1) is 18.6 Å². The van der Waals surface area contributed by atoms with Gasteiger partial charge in [-0.05, 0) is 62.1 Å². The Morgan fingerprint density at radius 2 is 1.89 bits per heavy atom. The van der Waals surface area contributed by atoms with Crippen molar-refractivity contribution in [2.45, 2.75) is 39.3 Å². The normalized spacial score (nSPS) is 15.3. The van der Waals surface area contributed by atoms with Crippen LogP contribution >= 0.6 is 0 Å². The summed E-state index contributed by atoms with van der Waals surface area (Å²) >= 11 is 0. The minimum atomic E-state index is -4.51. The summed E-state index contributed by atoms with van der Waals surface area (Å²) in [6, 6.07) is 7.93. The summed E-state index contributed by atoms with van der Waals surface area (Å²) < 4.78 is 74.3. The van der Waals surface area contributed by atoms with Crippen LogP contribution in [0.3, 0.4) is 0 Å². The molecular weight excluding hydrogens is 501 g/mol. The molecule has 4 nitrogen and oxygen atoms in total. The van der Waals surface area contributed by atoms with Gasteiger partial charge in [0.05, 0.1) is 29.2 Å². The predicted molar refractivity (Wildman–Crippen MR) is 142 cm³/mol. The van der Waals surface area contributed by atoms with E-state index in [-0.39, 0.29) is 22.5 Å². The fourth-order valence-electron chi connectivity index (χ4n) is 3.86. The van der Waals surface area contributed by atoms with Crippen LogP contribution < -0.4 is 0 Å². The number of alkyl halides is 3. The van der Waals surface area contributed by atoms with Gasteiger partial charge in [-0.2, -0.15) is 13.2 Å². The Labute approximate surface area is 218 Å². The largest absolute Gasteiger partial charge is 0.498 e. The van der Waals surface area contributed by atoms with Crippen molar-refractivity contribution in [3.05, 3.63) is 100 Å². The highest BCUT2D eigenvalue weighted by Crippen LogP contribution is 2.36. The summed E-state index contributed by atoms with van der Waals surface area (Å²) in [5, 5.41) is 0. The quantitative estimate of drug-likeness (QED) is 0.102. The zero-order valence-corrected chi connectivity index (χ0v) is 21.4. The van der Waals surface area contributed by atoms with Crippen molar-refractivity contribution in [1.29, 1.82) is 0 Å². The van der Waals surface area contributed by atoms with Crippen molar-refractivity contribution >= 4 is 23.3 Å². The van der Waals surface area contributed by atoms with E-state index in [0.29, 0.717) is 48.6 Å². The van der Waals surface area contributed by atoms with E-state index in [2.05, 4.69) is 21.6 Å². The van der Waals surface area contributed by atoms with Crippen LogP contribution in [-0.4, -0.2) is 31.4 Å². The number of ether oxygens (including phenoxy) is 1. The third kappa shape index (κ3) is 7.12. The van der Waals surface area contributed by atoms with Crippen molar-refractivity contribution < 1.29 is 26.7 Å². The van der Waals surface area contributed by atoms with E-state index in [9.17, 15) is 22.0 Å². The van der Waals surface area contributed by atoms with Gasteiger partial charge in [0.25, 0.3) is 0 Å². The number of halogens is 5. The average molecular weight is 530 g/mol. The van der Waals surface area contributed by atoms with Gasteiger partial charge in [0.2, 0.25) is 0 Å². The molecule has 0 bridgehead atoms. The summed E-state index contributed by atoms with van der Waals surface area (Å²) in [6.45, 7) is 7.59. The first-order valence-corrected chi connectivity index (χ1v) is 12.0. The van der Waals surface area contributed by atoms with Crippen LogP contribution in [0.15, 0.2) is 81.6 Å². The Bertz CT molecular complexity index is 1350. The van der Waals surface area contributed by atoms with E-state index in [0.717, 1.165) is 12.1 Å². The zero-order chi connectivity index (χ0) is 27.9. The second-order valence-corrected chi connectivity index (χ2v) is 8.52. The lowest BCUT2D eigenvalue weighted by Crippen LogP contribution is -2.09. The molecule has 38 heavy (non-hydrogen) atoms. The van der Waals surface area contributed by atoms with E-state index in [1.54, 1.807) is 33.0 Å². The van der Waals surface area contributed by atoms with Crippen LogP contribution in [0.4, 0.5) is 22.0 Å². The monoisotopic (exact) mass is 529 g/mol. The smallest absolute Gasteiger partial charge is 0.417 e. The number of benzene rings is 2. The number of hydrogen-bond donors (Lipinski definition) is 0. The molecule has 0 spiro atoms. The van der Waals surface area contributed by atoms with Crippen molar-refractivity contribution in [2.24, 2.45) is 15.0 Å². The fraction of sp³-hybridized carbons (Fsp3) is 0.276. The molecule has 0 N–H and O–H groups in total. The summed E-state index contributed by atoms with van der Waals surface area (Å²) in [7, 11) is 1.56. The predicted octanol–water partition coefficient (Wildman–Crippen LogP) is 7.88. The number of rotatable bonds is 10. The minimum Gasteiger partial charge on any atom is -0.498 e. The SMILES string of the molecule is C=C(/C=C(/CCC/C=C1/N=C(c2cccc(F)c2F)N=C1C=NC)OCC)c1ccc(C)cc1C(F)(F)F. The van der Waals surface area contributed by atoms with Gasteiger partial charge in [-0.3, -0.25) is 4.99 Å². The van der Waals surface area contributed by atoms with Crippen molar-refractivity contribution in [2.75, 3.05) is 13.7 Å². The first kappa shape index (κ1) is 28.7. The summed E-state index contributed by atoms with van der Waals surface area (Å²) in [5.41, 5.74) is 0.798. The number of aryl methyl sites for hydroxylation is 1. The molecule has 0 fully saturated rings. The minimum absolute atomic E-state index is 0.000435. The van der Waals surface area contributed by atoms with Gasteiger partial charge in [-0.25, -0.2) is 18.8 Å². The molecule has 1 heterocycles. The molecule has 1 aliphatic heterocycles. The molecule has 0 radical (unpaired) electrons. The van der Waals surface area contributed by atoms with E-state index < -0.39 is 23.4 Å². The van der Waals surface area contributed by atoms with Crippen LogP contribution in [0.25, 0.3) is 5.57 Å². The average Bonchev–Trinajstić information content (AvgIpc) is 3.25. The molecule has 0 aliphatic carbocycles. The second kappa shape index (κ2) is 12.6. The van der Waals surface area contributed by atoms with Gasteiger partial charge < -0.3 is 4.74 Å². The molecule has 2 aromatic rings. The van der Waals surface area contributed by atoms with Gasteiger partial charge in [0, 0.05) is 19.7 Å². The highest BCUT2D eigenvalue weighted by molar-refractivity contribution is 6.42. The van der Waals surface area contributed by atoms with Gasteiger partial charge in [-0.1, -0.05) is 36.4 Å². The molecular formula is C29H28F5N3O. The maximum absolute atomic E-state index is 14.2. The van der Waals surface area contributed by atoms with Gasteiger partial charge in [0.15, 0.2) is 17.5 Å². The molecule has 1 aliphatic rings. The first-order valence-electron chi connectivity index (χ1n) is 12.0. The molecule has 200 valence electrons. The topological polar surface area (TPSA) is 46.3 Å². The molecule has 0 aromatic heterocycles. The number of amidine groups is 1. The highest BCUT2D eigenvalue weighted by Gasteiger charge is 2.33. The van der Waals surface area contributed by atoms with Crippen LogP contribution in [0.2, 0.25) is 0 Å². The van der Waals surface area contributed by atoms with E-state index >= 15 is 0 Å². The van der Waals surface area contributed by atoms with Crippen molar-refractivity contribution in [3.8, 4) is 0 Å². The number of allylic oxidation sites excluding steroid dienone is 5. The van der Waals surface area contributed by atoms with Crippen molar-refractivity contribution in [3.63, 3.8) is 0 Å². The molecule has 0 saturated carbocycles. The van der Waals surface area contributed by atoms with Crippen LogP contribution in [-0.2, 0) is 10.9 Å². The summed E-state index contributed by atoms with van der Waals surface area (Å²) in [4.78, 5) is 12.6. The lowest BCUT2D eigenvalue weighted by molar-refractivity contribution is -0.137. The molecule has 9 heteroatoms. The standard InChI is InChI=1S/C29H28F5N3O/c1-5-38-20(16-19(3)21-14-13-18(2)15-23(21)29(32,33)34)9-6-7-12-25-26(17-35-4)37-28(36-25)22-10-8-11-24(30)27(22)31/h8,10-17H,3,5-7,9H2,1-2,4H3/b20-16-,25-12+,35-17?. The third-order valence-electron chi connectivity index (χ3n) is 5.62. The lowest BCUT2D eigenvalue weighted by atomic mass is 9.97. The Hall–Kier alpha value is -3.88. The Balaban J connectivity index is 1.76. The number of unbranched alkanes of at least 4 members (excludes halogenated alkanes) is 1. The Morgan fingerprint density at radius 1 is 1.13 bits per heavy atom. The van der Waals surface area contributed by atoms with Crippen LogP contribution in [0.1, 0.15) is 48.4 Å². The van der Waals surface area contributed by atoms with E-state index in [1.165, 1.54) is 30.5 Å². The van der Waals surface area contributed by atoms with Crippen molar-refractivity contribution in [1.82, 2.24) is 0 Å². The number of hydrogen-bond acceptors (Lipinski definition) is 4. The maximum Gasteiger partial charge on any atom is 0.417 e. The summed E-state index contributed by atoms with van der Waals surface area (Å²) in [6.07, 6.45) is 1.84. The number of nitrogens with zero attached hydrogens (tertiary/aromatic N) is 3. The molecule has 0 saturated heterocycles. The number of aliphatic imine (C=N–C) groups is 3. The highest BCUT2D eigenvalue weighted by atomic mass is 19.4. The lowest BCUT2D eigenvalue weighted by Gasteiger charge is -2.15. The Morgan fingerprint density at radius 3 is 2.58 bits per heavy atom. The second-order valence-electron chi connectivity index (χ2n) is 8.52. The third-order valence-corrected chi connectivity index (χ3v) is 5.62. The Kier molecular flexibility index (Phi) is 9.50. The molecule has 2 aromatic carbocycles.